The first-order valence-corrected chi connectivity index (χ1v) is 7.42. The van der Waals surface area contributed by atoms with E-state index in [0.29, 0.717) is 12.2 Å². The average molecular weight is 299 g/mol. The van der Waals surface area contributed by atoms with Crippen LogP contribution in [0.4, 0.5) is 5.82 Å². The van der Waals surface area contributed by atoms with E-state index < -0.39 is 0 Å². The maximum absolute atomic E-state index is 12.1. The first kappa shape index (κ1) is 15.9. The van der Waals surface area contributed by atoms with Gasteiger partial charge in [-0.3, -0.25) is 4.79 Å². The third-order valence-electron chi connectivity index (χ3n) is 3.69. The minimum absolute atomic E-state index is 0.109. The fraction of sp³-hybridized carbons (Fsp3) is 0.353. The summed E-state index contributed by atoms with van der Waals surface area (Å²) in [7, 11) is 1.61. The maximum Gasteiger partial charge on any atom is 0.349 e. The minimum atomic E-state index is -0.388. The van der Waals surface area contributed by atoms with Gasteiger partial charge in [0.25, 0.3) is 0 Å². The Labute approximate surface area is 130 Å². The molecule has 0 aliphatic carbocycles. The number of aryl methyl sites for hydroxylation is 2. The summed E-state index contributed by atoms with van der Waals surface area (Å²) in [5.41, 5.74) is 2.02. The van der Waals surface area contributed by atoms with Crippen molar-refractivity contribution in [3.8, 4) is 0 Å². The molecule has 0 saturated heterocycles. The number of hydrogen-bond donors (Lipinski definition) is 1. The SMILES string of the molecule is CCc1ccc(C(C)CC(=O)Nc2ccn(C)c(=O)n2)cc1. The molecule has 1 N–H and O–H groups in total. The van der Waals surface area contributed by atoms with Crippen molar-refractivity contribution in [2.45, 2.75) is 32.6 Å². The van der Waals surface area contributed by atoms with E-state index in [1.165, 1.54) is 10.1 Å². The van der Waals surface area contributed by atoms with E-state index in [2.05, 4.69) is 41.5 Å². The van der Waals surface area contributed by atoms with Gasteiger partial charge in [-0.1, -0.05) is 38.1 Å². The highest BCUT2D eigenvalue weighted by atomic mass is 16.2. The van der Waals surface area contributed by atoms with Gasteiger partial charge in [0.2, 0.25) is 5.91 Å². The average Bonchev–Trinajstić information content (AvgIpc) is 2.51. The van der Waals surface area contributed by atoms with E-state index in [1.54, 1.807) is 19.3 Å². The first-order chi connectivity index (χ1) is 10.5. The molecule has 0 aliphatic rings. The standard InChI is InChI=1S/C17H21N3O2/c1-4-13-5-7-14(8-6-13)12(2)11-16(21)18-15-9-10-20(3)17(22)19-15/h5-10,12H,4,11H2,1-3H3,(H,18,19,21,22). The molecular weight excluding hydrogens is 278 g/mol. The number of hydrogen-bond acceptors (Lipinski definition) is 3. The lowest BCUT2D eigenvalue weighted by molar-refractivity contribution is -0.116. The van der Waals surface area contributed by atoms with Crippen molar-refractivity contribution < 1.29 is 4.79 Å². The molecule has 1 heterocycles. The lowest BCUT2D eigenvalue weighted by atomic mass is 9.96. The number of carbonyl (C=O) groups is 1. The van der Waals surface area contributed by atoms with Crippen LogP contribution in [0.3, 0.4) is 0 Å². The van der Waals surface area contributed by atoms with Crippen molar-refractivity contribution in [2.75, 3.05) is 5.32 Å². The lowest BCUT2D eigenvalue weighted by Crippen LogP contribution is -2.23. The number of nitrogens with zero attached hydrogens (tertiary/aromatic N) is 2. The Morgan fingerprint density at radius 1 is 1.27 bits per heavy atom. The molecule has 1 aromatic carbocycles. The Bertz CT molecular complexity index is 705. The molecule has 0 saturated carbocycles. The number of nitrogens with one attached hydrogen (secondary N) is 1. The highest BCUT2D eigenvalue weighted by molar-refractivity contribution is 5.90. The Morgan fingerprint density at radius 2 is 1.95 bits per heavy atom. The van der Waals surface area contributed by atoms with E-state index in [9.17, 15) is 9.59 Å². The van der Waals surface area contributed by atoms with Crippen molar-refractivity contribution >= 4 is 11.7 Å². The van der Waals surface area contributed by atoms with Gasteiger partial charge in [0.15, 0.2) is 0 Å². The molecule has 1 amide bonds. The predicted molar refractivity (Wildman–Crippen MR) is 87.0 cm³/mol. The van der Waals surface area contributed by atoms with E-state index in [4.69, 9.17) is 0 Å². The van der Waals surface area contributed by atoms with Crippen molar-refractivity contribution in [2.24, 2.45) is 7.05 Å². The van der Waals surface area contributed by atoms with Gasteiger partial charge in [0.1, 0.15) is 5.82 Å². The molecular formula is C17H21N3O2. The molecule has 0 bridgehead atoms. The molecule has 0 spiro atoms. The Hall–Kier alpha value is -2.43. The van der Waals surface area contributed by atoms with Crippen LogP contribution in [0.2, 0.25) is 0 Å². The van der Waals surface area contributed by atoms with Crippen molar-refractivity contribution in [1.82, 2.24) is 9.55 Å². The summed E-state index contributed by atoms with van der Waals surface area (Å²) in [5, 5.41) is 2.67. The zero-order chi connectivity index (χ0) is 16.1. The van der Waals surface area contributed by atoms with Crippen LogP contribution >= 0.6 is 0 Å². The molecule has 5 heteroatoms. The van der Waals surface area contributed by atoms with Crippen LogP contribution in [0.1, 0.15) is 37.3 Å². The molecule has 1 atom stereocenters. The number of amides is 1. The Balaban J connectivity index is 1.98. The topological polar surface area (TPSA) is 64.0 Å². The summed E-state index contributed by atoms with van der Waals surface area (Å²) in [6.07, 6.45) is 2.93. The van der Waals surface area contributed by atoms with Crippen LogP contribution in [0, 0.1) is 0 Å². The second-order valence-corrected chi connectivity index (χ2v) is 5.45. The Kier molecular flexibility index (Phi) is 5.09. The monoisotopic (exact) mass is 299 g/mol. The molecule has 22 heavy (non-hydrogen) atoms. The summed E-state index contributed by atoms with van der Waals surface area (Å²) in [4.78, 5) is 27.3. The summed E-state index contributed by atoms with van der Waals surface area (Å²) in [6.45, 7) is 4.13. The van der Waals surface area contributed by atoms with Crippen LogP contribution in [0.15, 0.2) is 41.3 Å². The zero-order valence-electron chi connectivity index (χ0n) is 13.2. The number of anilines is 1. The summed E-state index contributed by atoms with van der Waals surface area (Å²) in [5.74, 6) is 0.256. The van der Waals surface area contributed by atoms with Gasteiger partial charge < -0.3 is 9.88 Å². The highest BCUT2D eigenvalue weighted by Crippen LogP contribution is 2.20. The molecule has 1 unspecified atom stereocenters. The van der Waals surface area contributed by atoms with E-state index in [0.717, 1.165) is 12.0 Å². The second-order valence-electron chi connectivity index (χ2n) is 5.45. The van der Waals surface area contributed by atoms with Gasteiger partial charge in [0.05, 0.1) is 0 Å². The van der Waals surface area contributed by atoms with Crippen LogP contribution in [0.25, 0.3) is 0 Å². The van der Waals surface area contributed by atoms with Crippen LogP contribution in [-0.4, -0.2) is 15.5 Å². The number of benzene rings is 1. The van der Waals surface area contributed by atoms with Gasteiger partial charge in [0, 0.05) is 19.7 Å². The fourth-order valence-electron chi connectivity index (χ4n) is 2.21. The van der Waals surface area contributed by atoms with Gasteiger partial charge in [-0.2, -0.15) is 4.98 Å². The quantitative estimate of drug-likeness (QED) is 0.922. The van der Waals surface area contributed by atoms with Crippen molar-refractivity contribution in [3.63, 3.8) is 0 Å². The number of aromatic nitrogens is 2. The van der Waals surface area contributed by atoms with E-state index in [-0.39, 0.29) is 17.5 Å². The van der Waals surface area contributed by atoms with E-state index >= 15 is 0 Å². The summed E-state index contributed by atoms with van der Waals surface area (Å²) in [6, 6.07) is 9.92. The van der Waals surface area contributed by atoms with Crippen molar-refractivity contribution in [3.05, 3.63) is 58.1 Å². The first-order valence-electron chi connectivity index (χ1n) is 7.42. The summed E-state index contributed by atoms with van der Waals surface area (Å²) >= 11 is 0. The molecule has 116 valence electrons. The molecule has 2 aromatic rings. The largest absolute Gasteiger partial charge is 0.349 e. The Morgan fingerprint density at radius 3 is 2.55 bits per heavy atom. The fourth-order valence-corrected chi connectivity index (χ4v) is 2.21. The molecule has 2 rings (SSSR count). The third kappa shape index (κ3) is 4.04. The van der Waals surface area contributed by atoms with Crippen molar-refractivity contribution in [1.29, 1.82) is 0 Å². The highest BCUT2D eigenvalue weighted by Gasteiger charge is 2.12. The lowest BCUT2D eigenvalue weighted by Gasteiger charge is -2.12. The molecule has 0 fully saturated rings. The molecule has 0 aliphatic heterocycles. The van der Waals surface area contributed by atoms with E-state index in [1.807, 2.05) is 6.92 Å². The third-order valence-corrected chi connectivity index (χ3v) is 3.69. The van der Waals surface area contributed by atoms with Gasteiger partial charge in [-0.15, -0.1) is 0 Å². The second kappa shape index (κ2) is 7.02. The van der Waals surface area contributed by atoms with Crippen LogP contribution in [0.5, 0.6) is 0 Å². The predicted octanol–water partition coefficient (Wildman–Crippen LogP) is 2.48. The van der Waals surface area contributed by atoms with Gasteiger partial charge in [-0.25, -0.2) is 4.79 Å². The molecule has 1 aromatic heterocycles. The van der Waals surface area contributed by atoms with Gasteiger partial charge in [-0.05, 0) is 29.5 Å². The van der Waals surface area contributed by atoms with Crippen LogP contribution < -0.4 is 11.0 Å². The van der Waals surface area contributed by atoms with Gasteiger partial charge >= 0.3 is 5.69 Å². The number of carbonyl (C=O) groups excluding carboxylic acids is 1. The number of rotatable bonds is 5. The molecule has 0 radical (unpaired) electrons. The summed E-state index contributed by atoms with van der Waals surface area (Å²) < 4.78 is 1.35. The molecule has 5 nitrogen and oxygen atoms in total. The normalized spacial score (nSPS) is 12.0. The minimum Gasteiger partial charge on any atom is -0.310 e. The van der Waals surface area contributed by atoms with Crippen LogP contribution in [-0.2, 0) is 18.3 Å². The smallest absolute Gasteiger partial charge is 0.310 e. The maximum atomic E-state index is 12.1. The zero-order valence-corrected chi connectivity index (χ0v) is 13.2.